The molecule has 0 bridgehead atoms. The van der Waals surface area contributed by atoms with Gasteiger partial charge in [0, 0.05) is 13.7 Å². The van der Waals surface area contributed by atoms with Crippen LogP contribution < -0.4 is 0 Å². The molecule has 0 spiro atoms. The lowest BCUT2D eigenvalue weighted by molar-refractivity contribution is 0.135. The van der Waals surface area contributed by atoms with Gasteiger partial charge in [-0.1, -0.05) is 27.7 Å². The van der Waals surface area contributed by atoms with Crippen molar-refractivity contribution in [3.05, 3.63) is 0 Å². The molecule has 0 aromatic rings. The summed E-state index contributed by atoms with van der Waals surface area (Å²) in [5.41, 5.74) is 0.442. The summed E-state index contributed by atoms with van der Waals surface area (Å²) in [7, 11) is 1.76. The minimum atomic E-state index is 0.442. The number of methoxy groups -OCH3 is 1. The van der Waals surface area contributed by atoms with Crippen molar-refractivity contribution in [1.29, 1.82) is 0 Å². The van der Waals surface area contributed by atoms with Gasteiger partial charge in [-0.15, -0.1) is 0 Å². The molecule has 0 aromatic heterocycles. The third kappa shape index (κ3) is 6.09. The normalized spacial score (nSPS) is 15.3. The average molecular weight is 144 g/mol. The van der Waals surface area contributed by atoms with Gasteiger partial charge in [-0.3, -0.25) is 0 Å². The third-order valence-electron chi connectivity index (χ3n) is 1.41. The van der Waals surface area contributed by atoms with Gasteiger partial charge in [0.05, 0.1) is 0 Å². The Bertz CT molecular complexity index is 81.2. The first kappa shape index (κ1) is 9.96. The summed E-state index contributed by atoms with van der Waals surface area (Å²) >= 11 is 0. The van der Waals surface area contributed by atoms with E-state index in [1.54, 1.807) is 7.11 Å². The molecule has 1 nitrogen and oxygen atoms in total. The smallest absolute Gasteiger partial charge is 0.0488 e. The highest BCUT2D eigenvalue weighted by Gasteiger charge is 2.14. The van der Waals surface area contributed by atoms with Crippen molar-refractivity contribution in [3.8, 4) is 0 Å². The van der Waals surface area contributed by atoms with Crippen molar-refractivity contribution >= 4 is 0 Å². The highest BCUT2D eigenvalue weighted by molar-refractivity contribution is 4.65. The molecule has 0 aromatic carbocycles. The van der Waals surface area contributed by atoms with E-state index in [1.165, 1.54) is 6.42 Å². The minimum Gasteiger partial charge on any atom is -0.384 e. The number of hydrogen-bond donors (Lipinski definition) is 0. The van der Waals surface area contributed by atoms with E-state index in [0.717, 1.165) is 6.61 Å². The molecule has 0 rings (SSSR count). The molecule has 0 saturated carbocycles. The van der Waals surface area contributed by atoms with Gasteiger partial charge in [0.1, 0.15) is 0 Å². The first-order chi connectivity index (χ1) is 4.45. The van der Waals surface area contributed by atoms with E-state index in [2.05, 4.69) is 27.7 Å². The van der Waals surface area contributed by atoms with Gasteiger partial charge < -0.3 is 4.74 Å². The predicted octanol–water partition coefficient (Wildman–Crippen LogP) is 2.71. The lowest BCUT2D eigenvalue weighted by atomic mass is 9.86. The van der Waals surface area contributed by atoms with Crippen LogP contribution in [0, 0.1) is 11.3 Å². The largest absolute Gasteiger partial charge is 0.384 e. The maximum atomic E-state index is 5.05. The highest BCUT2D eigenvalue weighted by Crippen LogP contribution is 2.23. The predicted molar refractivity (Wildman–Crippen MR) is 45.1 cm³/mol. The van der Waals surface area contributed by atoms with Crippen molar-refractivity contribution in [2.75, 3.05) is 13.7 Å². The summed E-state index contributed by atoms with van der Waals surface area (Å²) in [5, 5.41) is 0. The topological polar surface area (TPSA) is 9.23 Å². The second-order valence-electron chi connectivity index (χ2n) is 4.33. The number of hydrogen-bond acceptors (Lipinski definition) is 1. The summed E-state index contributed by atoms with van der Waals surface area (Å²) in [6.45, 7) is 9.91. The molecular weight excluding hydrogens is 124 g/mol. The van der Waals surface area contributed by atoms with Crippen LogP contribution >= 0.6 is 0 Å². The first-order valence-corrected chi connectivity index (χ1v) is 3.94. The van der Waals surface area contributed by atoms with Gasteiger partial charge in [0.25, 0.3) is 0 Å². The van der Waals surface area contributed by atoms with Gasteiger partial charge in [-0.25, -0.2) is 0 Å². The van der Waals surface area contributed by atoms with Gasteiger partial charge in [-0.05, 0) is 17.8 Å². The van der Waals surface area contributed by atoms with Gasteiger partial charge in [-0.2, -0.15) is 0 Å². The van der Waals surface area contributed by atoms with E-state index < -0.39 is 0 Å². The highest BCUT2D eigenvalue weighted by atomic mass is 16.5. The van der Waals surface area contributed by atoms with Crippen molar-refractivity contribution < 1.29 is 4.74 Å². The van der Waals surface area contributed by atoms with Gasteiger partial charge in [0.15, 0.2) is 0 Å². The molecule has 0 amide bonds. The molecule has 0 aliphatic heterocycles. The fraction of sp³-hybridized carbons (Fsp3) is 1.00. The van der Waals surface area contributed by atoms with Crippen LogP contribution in [0.25, 0.3) is 0 Å². The van der Waals surface area contributed by atoms with Crippen LogP contribution in [0.2, 0.25) is 0 Å². The molecule has 0 fully saturated rings. The van der Waals surface area contributed by atoms with Crippen LogP contribution in [0.1, 0.15) is 34.1 Å². The zero-order valence-corrected chi connectivity index (χ0v) is 7.90. The molecule has 62 valence electrons. The second-order valence-corrected chi connectivity index (χ2v) is 4.33. The lowest BCUT2D eigenvalue weighted by Gasteiger charge is -2.22. The summed E-state index contributed by atoms with van der Waals surface area (Å²) in [6, 6.07) is 0. The van der Waals surface area contributed by atoms with Crippen molar-refractivity contribution in [3.63, 3.8) is 0 Å². The monoisotopic (exact) mass is 144 g/mol. The lowest BCUT2D eigenvalue weighted by Crippen LogP contribution is -2.14. The van der Waals surface area contributed by atoms with Gasteiger partial charge in [0.2, 0.25) is 0 Å². The van der Waals surface area contributed by atoms with E-state index in [4.69, 9.17) is 4.74 Å². The van der Waals surface area contributed by atoms with Crippen molar-refractivity contribution in [1.82, 2.24) is 0 Å². The third-order valence-corrected chi connectivity index (χ3v) is 1.41. The first-order valence-electron chi connectivity index (χ1n) is 3.94. The molecule has 0 radical (unpaired) electrons. The zero-order valence-electron chi connectivity index (χ0n) is 7.90. The summed E-state index contributed by atoms with van der Waals surface area (Å²) in [6.07, 6.45) is 1.24. The van der Waals surface area contributed by atoms with E-state index >= 15 is 0 Å². The molecule has 0 N–H and O–H groups in total. The maximum absolute atomic E-state index is 5.05. The van der Waals surface area contributed by atoms with Crippen molar-refractivity contribution in [2.45, 2.75) is 34.1 Å². The quantitative estimate of drug-likeness (QED) is 0.591. The molecule has 0 aliphatic carbocycles. The molecule has 0 unspecified atom stereocenters. The average Bonchev–Trinajstić information content (AvgIpc) is 1.59. The Balaban J connectivity index is 3.47. The molecule has 0 heterocycles. The van der Waals surface area contributed by atoms with Crippen LogP contribution in [-0.2, 0) is 4.74 Å². The Morgan fingerprint density at radius 2 is 1.80 bits per heavy atom. The van der Waals surface area contributed by atoms with E-state index in [-0.39, 0.29) is 0 Å². The van der Waals surface area contributed by atoms with Crippen LogP contribution in [0.5, 0.6) is 0 Å². The molecule has 10 heavy (non-hydrogen) atoms. The molecular formula is C9H20O. The van der Waals surface area contributed by atoms with Crippen LogP contribution in [0.4, 0.5) is 0 Å². The summed E-state index contributed by atoms with van der Waals surface area (Å²) < 4.78 is 5.05. The maximum Gasteiger partial charge on any atom is 0.0488 e. The Hall–Kier alpha value is -0.0400. The van der Waals surface area contributed by atoms with Crippen LogP contribution in [0.15, 0.2) is 0 Å². The SMILES string of the molecule is COC[C@H](C)CC(C)(C)C. The summed E-state index contributed by atoms with van der Waals surface area (Å²) in [5.74, 6) is 0.685. The van der Waals surface area contributed by atoms with E-state index in [9.17, 15) is 0 Å². The minimum absolute atomic E-state index is 0.442. The second kappa shape index (κ2) is 3.97. The number of ether oxygens (including phenoxy) is 1. The van der Waals surface area contributed by atoms with E-state index in [1.807, 2.05) is 0 Å². The fourth-order valence-electron chi connectivity index (χ4n) is 1.39. The summed E-state index contributed by atoms with van der Waals surface area (Å²) in [4.78, 5) is 0. The number of rotatable bonds is 3. The Morgan fingerprint density at radius 3 is 2.10 bits per heavy atom. The Morgan fingerprint density at radius 1 is 1.30 bits per heavy atom. The fourth-order valence-corrected chi connectivity index (χ4v) is 1.39. The van der Waals surface area contributed by atoms with Crippen molar-refractivity contribution in [2.24, 2.45) is 11.3 Å². The van der Waals surface area contributed by atoms with Gasteiger partial charge >= 0.3 is 0 Å². The van der Waals surface area contributed by atoms with Crippen LogP contribution in [-0.4, -0.2) is 13.7 Å². The molecule has 0 aliphatic rings. The molecule has 0 saturated heterocycles. The zero-order chi connectivity index (χ0) is 8.20. The van der Waals surface area contributed by atoms with E-state index in [0.29, 0.717) is 11.3 Å². The Kier molecular flexibility index (Phi) is 3.95. The Labute approximate surface area is 64.8 Å². The van der Waals surface area contributed by atoms with Crippen LogP contribution in [0.3, 0.4) is 0 Å². The standard InChI is InChI=1S/C9H20O/c1-8(7-10-5)6-9(2,3)4/h8H,6-7H2,1-5H3/t8-/m1/s1. The molecule has 1 atom stereocenters. The molecule has 1 heteroatoms.